The summed E-state index contributed by atoms with van der Waals surface area (Å²) in [6.45, 7) is 0. The second-order valence-corrected chi connectivity index (χ2v) is 7.09. The third-order valence-electron chi connectivity index (χ3n) is 4.27. The van der Waals surface area contributed by atoms with Crippen molar-refractivity contribution in [2.45, 2.75) is 56.9 Å². The average molecular weight is 285 g/mol. The summed E-state index contributed by atoms with van der Waals surface area (Å²) in [5.74, 6) is 2.04. The van der Waals surface area contributed by atoms with Gasteiger partial charge in [-0.05, 0) is 43.1 Å². The largest absolute Gasteiger partial charge is 0.481 e. The van der Waals surface area contributed by atoms with Gasteiger partial charge in [0, 0.05) is 6.42 Å². The highest BCUT2D eigenvalue weighted by Gasteiger charge is 2.37. The Kier molecular flexibility index (Phi) is 5.13. The summed E-state index contributed by atoms with van der Waals surface area (Å²) in [4.78, 5) is 23.1. The van der Waals surface area contributed by atoms with Gasteiger partial charge in [0.25, 0.3) is 0 Å². The van der Waals surface area contributed by atoms with E-state index < -0.39 is 11.5 Å². The maximum atomic E-state index is 12.1. The molecule has 0 unspecified atom stereocenters. The van der Waals surface area contributed by atoms with E-state index in [4.69, 9.17) is 5.11 Å². The zero-order chi connectivity index (χ0) is 13.7. The van der Waals surface area contributed by atoms with Crippen molar-refractivity contribution in [2.75, 3.05) is 11.5 Å². The number of carboxylic acid groups (broad SMARTS) is 1. The lowest BCUT2D eigenvalue weighted by Crippen LogP contribution is -2.48. The first-order valence-corrected chi connectivity index (χ1v) is 8.36. The van der Waals surface area contributed by atoms with Crippen LogP contribution in [0.3, 0.4) is 0 Å². The van der Waals surface area contributed by atoms with E-state index in [9.17, 15) is 9.59 Å². The number of nitrogens with one attached hydrogen (secondary N) is 1. The number of aliphatic carboxylic acids is 1. The number of thioether (sulfide) groups is 1. The van der Waals surface area contributed by atoms with Crippen LogP contribution in [0.2, 0.25) is 0 Å². The lowest BCUT2D eigenvalue weighted by molar-refractivity contribution is -0.139. The van der Waals surface area contributed by atoms with E-state index in [0.717, 1.165) is 50.0 Å². The monoisotopic (exact) mass is 285 g/mol. The molecule has 2 fully saturated rings. The molecule has 0 radical (unpaired) electrons. The fraction of sp³-hybridized carbons (Fsp3) is 0.857. The number of hydrogen-bond donors (Lipinski definition) is 2. The molecule has 1 aliphatic carbocycles. The molecule has 108 valence electrons. The van der Waals surface area contributed by atoms with Gasteiger partial charge in [-0.15, -0.1) is 0 Å². The smallest absolute Gasteiger partial charge is 0.305 e. The van der Waals surface area contributed by atoms with Gasteiger partial charge in [-0.25, -0.2) is 0 Å². The molecule has 0 aromatic rings. The molecular formula is C14H23NO3S. The van der Waals surface area contributed by atoms with E-state index >= 15 is 0 Å². The van der Waals surface area contributed by atoms with Crippen LogP contribution < -0.4 is 5.32 Å². The molecule has 1 amide bonds. The highest BCUT2D eigenvalue weighted by molar-refractivity contribution is 7.99. The first-order chi connectivity index (χ1) is 9.10. The van der Waals surface area contributed by atoms with Crippen molar-refractivity contribution >= 4 is 23.6 Å². The number of carbonyl (C=O) groups excluding carboxylic acids is 1. The molecule has 5 heteroatoms. The number of carboxylic acids is 1. The van der Waals surface area contributed by atoms with Gasteiger partial charge in [0.1, 0.15) is 0 Å². The highest BCUT2D eigenvalue weighted by Crippen LogP contribution is 2.33. The van der Waals surface area contributed by atoms with Crippen molar-refractivity contribution in [3.05, 3.63) is 0 Å². The van der Waals surface area contributed by atoms with Crippen LogP contribution in [0.5, 0.6) is 0 Å². The van der Waals surface area contributed by atoms with Gasteiger partial charge >= 0.3 is 5.97 Å². The Morgan fingerprint density at radius 1 is 1.21 bits per heavy atom. The minimum absolute atomic E-state index is 0.0556. The van der Waals surface area contributed by atoms with E-state index in [0.29, 0.717) is 12.3 Å². The Bertz CT molecular complexity index is 334. The Hall–Kier alpha value is -0.710. The fourth-order valence-electron chi connectivity index (χ4n) is 3.25. The van der Waals surface area contributed by atoms with E-state index in [1.807, 2.05) is 11.8 Å². The van der Waals surface area contributed by atoms with Gasteiger partial charge < -0.3 is 10.4 Å². The Morgan fingerprint density at radius 3 is 2.42 bits per heavy atom. The zero-order valence-electron chi connectivity index (χ0n) is 11.3. The molecular weight excluding hydrogens is 262 g/mol. The average Bonchev–Trinajstić information content (AvgIpc) is 2.77. The lowest BCUT2D eigenvalue weighted by atomic mass is 9.91. The molecule has 1 saturated carbocycles. The Morgan fingerprint density at radius 2 is 1.84 bits per heavy atom. The maximum Gasteiger partial charge on any atom is 0.305 e. The van der Waals surface area contributed by atoms with Crippen molar-refractivity contribution in [1.82, 2.24) is 5.32 Å². The maximum absolute atomic E-state index is 12.1. The summed E-state index contributed by atoms with van der Waals surface area (Å²) in [5, 5.41) is 12.1. The molecule has 4 nitrogen and oxygen atoms in total. The molecule has 1 saturated heterocycles. The minimum atomic E-state index is -0.809. The third kappa shape index (κ3) is 4.41. The van der Waals surface area contributed by atoms with Gasteiger partial charge in [0.15, 0.2) is 0 Å². The van der Waals surface area contributed by atoms with Gasteiger partial charge in [0.2, 0.25) is 5.91 Å². The van der Waals surface area contributed by atoms with Crippen molar-refractivity contribution in [3.63, 3.8) is 0 Å². The van der Waals surface area contributed by atoms with Crippen molar-refractivity contribution in [1.29, 1.82) is 0 Å². The minimum Gasteiger partial charge on any atom is -0.481 e. The predicted octanol–water partition coefficient (Wildman–Crippen LogP) is 2.42. The van der Waals surface area contributed by atoms with E-state index in [1.165, 1.54) is 0 Å². The van der Waals surface area contributed by atoms with Gasteiger partial charge in [0.05, 0.1) is 12.0 Å². The number of rotatable bonds is 5. The van der Waals surface area contributed by atoms with Gasteiger partial charge in [-0.2, -0.15) is 11.8 Å². The highest BCUT2D eigenvalue weighted by atomic mass is 32.2. The summed E-state index contributed by atoms with van der Waals surface area (Å²) < 4.78 is 0. The second kappa shape index (κ2) is 6.64. The molecule has 0 aromatic carbocycles. The molecule has 0 spiro atoms. The standard InChI is InChI=1S/C14H23NO3S/c16-12(9-11-3-7-19-8-4-11)15-14(10-13(17)18)5-1-2-6-14/h11H,1-10H2,(H,15,16)(H,17,18). The van der Waals surface area contributed by atoms with Crippen molar-refractivity contribution in [2.24, 2.45) is 5.92 Å². The van der Waals surface area contributed by atoms with E-state index in [1.54, 1.807) is 0 Å². The van der Waals surface area contributed by atoms with E-state index in [2.05, 4.69) is 5.32 Å². The zero-order valence-corrected chi connectivity index (χ0v) is 12.1. The molecule has 0 bridgehead atoms. The first-order valence-electron chi connectivity index (χ1n) is 7.20. The molecule has 1 aliphatic heterocycles. The molecule has 2 N–H and O–H groups in total. The van der Waals surface area contributed by atoms with E-state index in [-0.39, 0.29) is 12.3 Å². The Balaban J connectivity index is 1.86. The molecule has 0 atom stereocenters. The van der Waals surface area contributed by atoms with Gasteiger partial charge in [-0.3, -0.25) is 9.59 Å². The van der Waals surface area contributed by atoms with Gasteiger partial charge in [-0.1, -0.05) is 12.8 Å². The molecule has 2 rings (SSSR count). The Labute approximate surface area is 118 Å². The number of amides is 1. The third-order valence-corrected chi connectivity index (χ3v) is 5.32. The summed E-state index contributed by atoms with van der Waals surface area (Å²) in [7, 11) is 0. The predicted molar refractivity (Wildman–Crippen MR) is 76.3 cm³/mol. The first kappa shape index (κ1) is 14.7. The van der Waals surface area contributed by atoms with Crippen LogP contribution in [0.1, 0.15) is 51.4 Å². The van der Waals surface area contributed by atoms with Crippen LogP contribution in [0.15, 0.2) is 0 Å². The van der Waals surface area contributed by atoms with Crippen molar-refractivity contribution < 1.29 is 14.7 Å². The fourth-order valence-corrected chi connectivity index (χ4v) is 4.45. The normalized spacial score (nSPS) is 23.2. The lowest BCUT2D eigenvalue weighted by Gasteiger charge is -2.30. The summed E-state index contributed by atoms with van der Waals surface area (Å²) in [5.41, 5.74) is -0.466. The van der Waals surface area contributed by atoms with Crippen LogP contribution in [0.25, 0.3) is 0 Å². The SMILES string of the molecule is O=C(O)CC1(NC(=O)CC2CCSCC2)CCCC1. The molecule has 19 heavy (non-hydrogen) atoms. The quantitative estimate of drug-likeness (QED) is 0.814. The molecule has 1 heterocycles. The van der Waals surface area contributed by atoms with Crippen LogP contribution >= 0.6 is 11.8 Å². The topological polar surface area (TPSA) is 66.4 Å². The van der Waals surface area contributed by atoms with Crippen LogP contribution in [0.4, 0.5) is 0 Å². The second-order valence-electron chi connectivity index (χ2n) is 5.87. The summed E-state index contributed by atoms with van der Waals surface area (Å²) >= 11 is 1.96. The number of carbonyl (C=O) groups is 2. The van der Waals surface area contributed by atoms with Crippen LogP contribution in [-0.4, -0.2) is 34.0 Å². The van der Waals surface area contributed by atoms with Crippen molar-refractivity contribution in [3.8, 4) is 0 Å². The summed E-state index contributed by atoms with van der Waals surface area (Å²) in [6, 6.07) is 0. The summed E-state index contributed by atoms with van der Waals surface area (Å²) in [6.07, 6.45) is 6.54. The number of hydrogen-bond acceptors (Lipinski definition) is 3. The van der Waals surface area contributed by atoms with Crippen LogP contribution in [-0.2, 0) is 9.59 Å². The molecule has 2 aliphatic rings. The van der Waals surface area contributed by atoms with Crippen LogP contribution in [0, 0.1) is 5.92 Å². The molecule has 0 aromatic heterocycles.